The first-order chi connectivity index (χ1) is 16.5. The molecule has 174 valence electrons. The van der Waals surface area contributed by atoms with E-state index in [1.807, 2.05) is 31.2 Å². The number of hydrogen-bond acceptors (Lipinski definition) is 6. The molecule has 1 saturated heterocycles. The van der Waals surface area contributed by atoms with Crippen LogP contribution in [0.4, 0.5) is 14.9 Å². The van der Waals surface area contributed by atoms with E-state index in [2.05, 4.69) is 20.3 Å². The lowest BCUT2D eigenvalue weighted by molar-refractivity contribution is 0.142. The molecule has 1 aliphatic rings. The standard InChI is InChI=1S/C24H23FN6O2S/c1-16-5-4-6-17(13-16)26-23(33)30-11-9-29(10-12-30)15-18-14-21(32)31-24(27-18)34-22(28-31)19-7-2-3-8-20(19)25/h2-8,13-14H,9-12,15H2,1H3,(H,26,33). The van der Waals surface area contributed by atoms with Gasteiger partial charge in [0.1, 0.15) is 5.82 Å². The van der Waals surface area contributed by atoms with Gasteiger partial charge in [-0.15, -0.1) is 0 Å². The van der Waals surface area contributed by atoms with E-state index in [1.54, 1.807) is 23.1 Å². The monoisotopic (exact) mass is 478 g/mol. The highest BCUT2D eigenvalue weighted by molar-refractivity contribution is 7.19. The van der Waals surface area contributed by atoms with Gasteiger partial charge in [-0.1, -0.05) is 35.6 Å². The number of nitrogens with zero attached hydrogens (tertiary/aromatic N) is 5. The summed E-state index contributed by atoms with van der Waals surface area (Å²) in [6.45, 7) is 4.98. The quantitative estimate of drug-likeness (QED) is 0.485. The highest BCUT2D eigenvalue weighted by atomic mass is 32.1. The van der Waals surface area contributed by atoms with Crippen LogP contribution in [0.1, 0.15) is 11.3 Å². The van der Waals surface area contributed by atoms with Crippen molar-refractivity contribution >= 4 is 28.0 Å². The molecule has 1 N–H and O–H groups in total. The molecule has 3 heterocycles. The third-order valence-corrected chi connectivity index (χ3v) is 6.66. The lowest BCUT2D eigenvalue weighted by Crippen LogP contribution is -2.49. The molecular formula is C24H23FN6O2S. The van der Waals surface area contributed by atoms with Crippen LogP contribution in [0.2, 0.25) is 0 Å². The Morgan fingerprint density at radius 2 is 1.88 bits per heavy atom. The lowest BCUT2D eigenvalue weighted by atomic mass is 10.2. The molecule has 4 aromatic rings. The molecule has 0 atom stereocenters. The molecule has 0 bridgehead atoms. The number of nitrogens with one attached hydrogen (secondary N) is 1. The van der Waals surface area contributed by atoms with E-state index in [4.69, 9.17) is 0 Å². The number of urea groups is 1. The number of hydrogen-bond donors (Lipinski definition) is 1. The normalized spacial score (nSPS) is 14.5. The van der Waals surface area contributed by atoms with Gasteiger partial charge in [-0.25, -0.2) is 14.2 Å². The Morgan fingerprint density at radius 3 is 2.65 bits per heavy atom. The molecule has 0 aliphatic carbocycles. The van der Waals surface area contributed by atoms with Gasteiger partial charge >= 0.3 is 6.03 Å². The maximum atomic E-state index is 14.1. The van der Waals surface area contributed by atoms with Gasteiger partial charge in [-0.05, 0) is 36.8 Å². The van der Waals surface area contributed by atoms with Gasteiger partial charge in [-0.3, -0.25) is 9.69 Å². The number of aromatic nitrogens is 3. The summed E-state index contributed by atoms with van der Waals surface area (Å²) in [5.74, 6) is -0.390. The van der Waals surface area contributed by atoms with Crippen molar-refractivity contribution in [3.05, 3.63) is 82.0 Å². The minimum absolute atomic E-state index is 0.117. The summed E-state index contributed by atoms with van der Waals surface area (Å²) in [5.41, 5.74) is 2.55. The molecule has 0 radical (unpaired) electrons. The Kier molecular flexibility index (Phi) is 6.08. The molecular weight excluding hydrogens is 455 g/mol. The van der Waals surface area contributed by atoms with Crippen molar-refractivity contribution in [1.29, 1.82) is 0 Å². The van der Waals surface area contributed by atoms with E-state index in [0.29, 0.717) is 53.9 Å². The van der Waals surface area contributed by atoms with Crippen LogP contribution in [0.3, 0.4) is 0 Å². The maximum absolute atomic E-state index is 14.1. The van der Waals surface area contributed by atoms with Crippen LogP contribution in [0.25, 0.3) is 15.5 Å². The topological polar surface area (TPSA) is 82.8 Å². The molecule has 5 rings (SSSR count). The molecule has 1 fully saturated rings. The van der Waals surface area contributed by atoms with E-state index in [-0.39, 0.29) is 17.4 Å². The zero-order valence-corrected chi connectivity index (χ0v) is 19.4. The average Bonchev–Trinajstić information content (AvgIpc) is 3.24. The molecule has 2 amide bonds. The molecule has 0 spiro atoms. The number of carbonyl (C=O) groups excluding carboxylic acids is 1. The SMILES string of the molecule is Cc1cccc(NC(=O)N2CCN(Cc3cc(=O)n4nc(-c5ccccc5F)sc4n3)CC2)c1. The minimum Gasteiger partial charge on any atom is -0.322 e. The van der Waals surface area contributed by atoms with E-state index in [1.165, 1.54) is 28.0 Å². The Balaban J connectivity index is 1.24. The van der Waals surface area contributed by atoms with Gasteiger partial charge in [-0.2, -0.15) is 9.61 Å². The predicted octanol–water partition coefficient (Wildman–Crippen LogP) is 3.62. The van der Waals surface area contributed by atoms with Crippen molar-refractivity contribution in [3.8, 4) is 10.6 Å². The maximum Gasteiger partial charge on any atom is 0.321 e. The third kappa shape index (κ3) is 4.68. The van der Waals surface area contributed by atoms with Crippen molar-refractivity contribution in [2.45, 2.75) is 13.5 Å². The highest BCUT2D eigenvalue weighted by Crippen LogP contribution is 2.26. The molecule has 0 unspecified atom stereocenters. The summed E-state index contributed by atoms with van der Waals surface area (Å²) < 4.78 is 15.4. The number of fused-ring (bicyclic) bond motifs is 1. The van der Waals surface area contributed by atoms with Crippen LogP contribution in [-0.4, -0.2) is 56.6 Å². The predicted molar refractivity (Wildman–Crippen MR) is 130 cm³/mol. The van der Waals surface area contributed by atoms with Gasteiger partial charge in [0, 0.05) is 50.0 Å². The van der Waals surface area contributed by atoms with E-state index >= 15 is 0 Å². The first kappa shape index (κ1) is 22.2. The second-order valence-electron chi connectivity index (χ2n) is 8.23. The zero-order valence-electron chi connectivity index (χ0n) is 18.6. The van der Waals surface area contributed by atoms with Crippen molar-refractivity contribution in [2.24, 2.45) is 0 Å². The van der Waals surface area contributed by atoms with Gasteiger partial charge in [0.15, 0.2) is 5.01 Å². The minimum atomic E-state index is -0.390. The van der Waals surface area contributed by atoms with Gasteiger partial charge < -0.3 is 10.2 Å². The van der Waals surface area contributed by atoms with Gasteiger partial charge in [0.25, 0.3) is 5.56 Å². The molecule has 8 nitrogen and oxygen atoms in total. The summed E-state index contributed by atoms with van der Waals surface area (Å²) in [5, 5.41) is 7.61. The van der Waals surface area contributed by atoms with Crippen LogP contribution in [-0.2, 0) is 6.54 Å². The molecule has 2 aromatic heterocycles. The molecule has 0 saturated carbocycles. The number of benzene rings is 2. The largest absolute Gasteiger partial charge is 0.322 e. The van der Waals surface area contributed by atoms with Crippen LogP contribution >= 0.6 is 11.3 Å². The van der Waals surface area contributed by atoms with Crippen LogP contribution in [0.5, 0.6) is 0 Å². The Hall–Kier alpha value is -3.63. The summed E-state index contributed by atoms with van der Waals surface area (Å²) in [6.07, 6.45) is 0. The fourth-order valence-corrected chi connectivity index (χ4v) is 4.90. The molecule has 2 aromatic carbocycles. The second-order valence-corrected chi connectivity index (χ2v) is 9.19. The Bertz CT molecular complexity index is 1410. The first-order valence-corrected chi connectivity index (χ1v) is 11.8. The van der Waals surface area contributed by atoms with Crippen LogP contribution in [0, 0.1) is 12.7 Å². The molecule has 10 heteroatoms. The van der Waals surface area contributed by atoms with Crippen molar-refractivity contribution in [3.63, 3.8) is 0 Å². The third-order valence-electron chi connectivity index (χ3n) is 5.72. The van der Waals surface area contributed by atoms with Gasteiger partial charge in [0.05, 0.1) is 5.69 Å². The number of halogens is 1. The lowest BCUT2D eigenvalue weighted by Gasteiger charge is -2.34. The van der Waals surface area contributed by atoms with E-state index in [9.17, 15) is 14.0 Å². The summed E-state index contributed by atoms with van der Waals surface area (Å²) in [6, 6.07) is 15.4. The Morgan fingerprint density at radius 1 is 1.09 bits per heavy atom. The number of anilines is 1. The van der Waals surface area contributed by atoms with Crippen molar-refractivity contribution in [2.75, 3.05) is 31.5 Å². The smallest absolute Gasteiger partial charge is 0.321 e. The van der Waals surface area contributed by atoms with Crippen molar-refractivity contribution < 1.29 is 9.18 Å². The van der Waals surface area contributed by atoms with Gasteiger partial charge in [0.2, 0.25) is 4.96 Å². The summed E-state index contributed by atoms with van der Waals surface area (Å²) in [7, 11) is 0. The molecule has 34 heavy (non-hydrogen) atoms. The fraction of sp³-hybridized carbons (Fsp3) is 0.250. The number of aryl methyl sites for hydroxylation is 1. The van der Waals surface area contributed by atoms with E-state index < -0.39 is 0 Å². The van der Waals surface area contributed by atoms with Crippen molar-refractivity contribution in [1.82, 2.24) is 24.4 Å². The number of carbonyl (C=O) groups is 1. The number of rotatable bonds is 4. The van der Waals surface area contributed by atoms with Crippen LogP contribution in [0.15, 0.2) is 59.4 Å². The Labute approximate surface area is 199 Å². The number of amides is 2. The molecule has 1 aliphatic heterocycles. The zero-order chi connectivity index (χ0) is 23.7. The highest BCUT2D eigenvalue weighted by Gasteiger charge is 2.22. The summed E-state index contributed by atoms with van der Waals surface area (Å²) in [4.78, 5) is 34.1. The summed E-state index contributed by atoms with van der Waals surface area (Å²) >= 11 is 1.18. The number of piperazine rings is 1. The van der Waals surface area contributed by atoms with E-state index in [0.717, 1.165) is 11.3 Å². The fourth-order valence-electron chi connectivity index (χ4n) is 3.94. The van der Waals surface area contributed by atoms with Crippen LogP contribution < -0.4 is 10.9 Å². The first-order valence-electron chi connectivity index (χ1n) is 11.0. The average molecular weight is 479 g/mol. The second kappa shape index (κ2) is 9.32.